The lowest BCUT2D eigenvalue weighted by molar-refractivity contribution is -0.137. The number of carbonyl (C=O) groups is 2. The van der Waals surface area contributed by atoms with Crippen LogP contribution in [0.1, 0.15) is 32.0 Å². The highest BCUT2D eigenvalue weighted by molar-refractivity contribution is 6.04. The van der Waals surface area contributed by atoms with Crippen molar-refractivity contribution < 1.29 is 45.4 Å². The van der Waals surface area contributed by atoms with E-state index < -0.39 is 48.5 Å². The number of alkyl halides is 5. The Morgan fingerprint density at radius 1 is 0.887 bits per heavy atom. The normalized spacial score (nSPS) is 13.5. The number of rotatable bonds is 11. The van der Waals surface area contributed by atoms with Crippen molar-refractivity contribution in [3.63, 3.8) is 0 Å². The van der Waals surface area contributed by atoms with Gasteiger partial charge in [-0.25, -0.2) is 18.2 Å². The molecule has 1 saturated heterocycles. The Kier molecular flexibility index (Phi) is 12.2. The van der Waals surface area contributed by atoms with Crippen molar-refractivity contribution in [1.82, 2.24) is 19.4 Å². The van der Waals surface area contributed by atoms with Gasteiger partial charge in [0.05, 0.1) is 28.5 Å². The summed E-state index contributed by atoms with van der Waals surface area (Å²) in [6.07, 6.45) is -4.58. The second-order valence-electron chi connectivity index (χ2n) is 12.2. The molecule has 0 radical (unpaired) electrons. The molecule has 0 spiro atoms. The average molecular weight is 762 g/mol. The van der Waals surface area contributed by atoms with Crippen LogP contribution in [0.2, 0.25) is 0 Å². The number of benzene rings is 3. The van der Waals surface area contributed by atoms with Crippen LogP contribution in [0.15, 0.2) is 85.1 Å². The molecule has 0 aliphatic carbocycles. The van der Waals surface area contributed by atoms with Crippen LogP contribution in [0.5, 0.6) is 17.4 Å². The summed E-state index contributed by atoms with van der Waals surface area (Å²) < 4.78 is 91.2. The van der Waals surface area contributed by atoms with Gasteiger partial charge >= 0.3 is 6.18 Å². The number of aryl methyl sites for hydroxylation is 1. The third-order valence-corrected chi connectivity index (χ3v) is 8.63. The van der Waals surface area contributed by atoms with Gasteiger partial charge in [0.2, 0.25) is 5.88 Å². The molecule has 280 valence electrons. The number of nitrogens with one attached hydrogen (secondary N) is 1. The largest absolute Gasteiger partial charge is 0.485 e. The van der Waals surface area contributed by atoms with Crippen LogP contribution in [0, 0.1) is 5.82 Å². The smallest absolute Gasteiger partial charge is 0.416 e. The van der Waals surface area contributed by atoms with Crippen molar-refractivity contribution in [2.45, 2.75) is 18.8 Å². The Morgan fingerprint density at radius 3 is 2.21 bits per heavy atom. The molecule has 0 atom stereocenters. The second kappa shape index (κ2) is 16.6. The topological polar surface area (TPSA) is 88.9 Å². The van der Waals surface area contributed by atoms with Gasteiger partial charge in [-0.2, -0.15) is 13.2 Å². The summed E-state index contributed by atoms with van der Waals surface area (Å²) in [5.74, 6) is -1.34. The Hall–Kier alpha value is -5.28. The maximum absolute atomic E-state index is 14.2. The summed E-state index contributed by atoms with van der Waals surface area (Å²) in [5, 5.41) is 3.23. The van der Waals surface area contributed by atoms with Gasteiger partial charge in [0.25, 0.3) is 11.8 Å². The van der Waals surface area contributed by atoms with E-state index in [2.05, 4.69) is 15.2 Å². The van der Waals surface area contributed by atoms with Gasteiger partial charge in [0.1, 0.15) is 36.4 Å². The Balaban J connectivity index is 0.00000541. The van der Waals surface area contributed by atoms with Crippen molar-refractivity contribution in [1.29, 1.82) is 0 Å². The Morgan fingerprint density at radius 2 is 1.58 bits per heavy atom. The molecule has 2 amide bonds. The number of pyridine rings is 1. The number of hydrogen-bond acceptors (Lipinski definition) is 6. The highest BCUT2D eigenvalue weighted by atomic mass is 35.5. The van der Waals surface area contributed by atoms with E-state index in [1.807, 2.05) is 29.2 Å². The predicted molar refractivity (Wildman–Crippen MR) is 188 cm³/mol. The Labute approximate surface area is 306 Å². The molecule has 0 unspecified atom stereocenters. The number of hydrogen-bond donors (Lipinski definition) is 1. The first kappa shape index (κ1) is 38.9. The number of carbonyl (C=O) groups excluding carboxylic acids is 2. The van der Waals surface area contributed by atoms with Crippen LogP contribution in [0.4, 0.5) is 32.0 Å². The molecule has 0 bridgehead atoms. The zero-order valence-corrected chi connectivity index (χ0v) is 29.0. The standard InChI is InChI=1S/C37H33F6N5O4.ClH/c1-46-32-18-28(52-34-11-6-26(21-44-34)45-35(49)30-10-5-25(17-31(30)40)37(41,42)43)9-4-24(32)16-33(46)36(50)48-14-12-47(13-15-48)22-23-2-7-27(8-3-23)51-29(19-38)20-39;/h2-11,16-18,21,29H,12-15,19-20,22H2,1H3,(H,45,49);1H. The fraction of sp³-hybridized carbons (Fsp3) is 0.270. The molecule has 16 heteroatoms. The van der Waals surface area contributed by atoms with Gasteiger partial charge in [0.15, 0.2) is 6.10 Å². The van der Waals surface area contributed by atoms with Crippen LogP contribution in [0.25, 0.3) is 10.9 Å². The number of halogens is 7. The first-order valence-electron chi connectivity index (χ1n) is 16.2. The minimum Gasteiger partial charge on any atom is -0.485 e. The highest BCUT2D eigenvalue weighted by Crippen LogP contribution is 2.31. The van der Waals surface area contributed by atoms with Gasteiger partial charge in [0, 0.05) is 57.3 Å². The van der Waals surface area contributed by atoms with E-state index in [4.69, 9.17) is 9.47 Å². The number of fused-ring (bicyclic) bond motifs is 1. The zero-order valence-electron chi connectivity index (χ0n) is 28.2. The lowest BCUT2D eigenvalue weighted by Crippen LogP contribution is -2.48. The molecular formula is C37H34ClF6N5O4. The first-order valence-corrected chi connectivity index (χ1v) is 16.2. The maximum Gasteiger partial charge on any atom is 0.416 e. The molecule has 3 aromatic carbocycles. The molecule has 0 saturated carbocycles. The van der Waals surface area contributed by atoms with Crippen molar-refractivity contribution in [3.8, 4) is 17.4 Å². The SMILES string of the molecule is Cl.Cn1c(C(=O)N2CCN(Cc3ccc(OC(CF)CF)cc3)CC2)cc2ccc(Oc3ccc(NC(=O)c4ccc(C(F)(F)F)cc4F)cn3)cc21. The number of nitrogens with zero attached hydrogens (tertiary/aromatic N) is 4. The lowest BCUT2D eigenvalue weighted by Gasteiger charge is -2.34. The van der Waals surface area contributed by atoms with Gasteiger partial charge < -0.3 is 24.3 Å². The molecule has 1 aliphatic rings. The van der Waals surface area contributed by atoms with Crippen molar-refractivity contribution in [3.05, 3.63) is 113 Å². The van der Waals surface area contributed by atoms with E-state index in [1.165, 1.54) is 18.3 Å². The highest BCUT2D eigenvalue weighted by Gasteiger charge is 2.32. The van der Waals surface area contributed by atoms with E-state index in [1.54, 1.807) is 35.9 Å². The third-order valence-electron chi connectivity index (χ3n) is 8.63. The van der Waals surface area contributed by atoms with Crippen LogP contribution in [-0.2, 0) is 19.8 Å². The van der Waals surface area contributed by atoms with Gasteiger partial charge in [-0.15, -0.1) is 12.4 Å². The predicted octanol–water partition coefficient (Wildman–Crippen LogP) is 7.84. The maximum atomic E-state index is 14.2. The van der Waals surface area contributed by atoms with E-state index in [-0.39, 0.29) is 35.9 Å². The van der Waals surface area contributed by atoms with Gasteiger partial charge in [-0.1, -0.05) is 12.1 Å². The van der Waals surface area contributed by atoms with E-state index in [9.17, 15) is 35.9 Å². The van der Waals surface area contributed by atoms with Crippen molar-refractivity contribution in [2.24, 2.45) is 7.05 Å². The molecular weight excluding hydrogens is 728 g/mol. The van der Waals surface area contributed by atoms with Gasteiger partial charge in [-0.05, 0) is 60.2 Å². The molecule has 1 fully saturated rings. The van der Waals surface area contributed by atoms with E-state index in [0.29, 0.717) is 56.0 Å². The minimum atomic E-state index is -4.74. The van der Waals surface area contributed by atoms with Crippen molar-refractivity contribution >= 4 is 40.8 Å². The second-order valence-corrected chi connectivity index (χ2v) is 12.2. The number of ether oxygens (including phenoxy) is 2. The fourth-order valence-corrected chi connectivity index (χ4v) is 5.79. The summed E-state index contributed by atoms with van der Waals surface area (Å²) >= 11 is 0. The summed E-state index contributed by atoms with van der Waals surface area (Å²) in [6.45, 7) is 1.26. The number of piperazine rings is 1. The summed E-state index contributed by atoms with van der Waals surface area (Å²) in [4.78, 5) is 34.2. The fourth-order valence-electron chi connectivity index (χ4n) is 5.79. The average Bonchev–Trinajstić information content (AvgIpc) is 3.46. The number of aromatic nitrogens is 2. The minimum absolute atomic E-state index is 0. The van der Waals surface area contributed by atoms with Crippen LogP contribution in [0.3, 0.4) is 0 Å². The number of anilines is 1. The third kappa shape index (κ3) is 9.21. The first-order chi connectivity index (χ1) is 24.9. The van der Waals surface area contributed by atoms with E-state index >= 15 is 0 Å². The summed E-state index contributed by atoms with van der Waals surface area (Å²) in [7, 11) is 1.79. The molecule has 1 N–H and O–H groups in total. The molecule has 9 nitrogen and oxygen atoms in total. The molecule has 3 heterocycles. The monoisotopic (exact) mass is 761 g/mol. The van der Waals surface area contributed by atoms with Crippen LogP contribution in [-0.4, -0.2) is 76.8 Å². The van der Waals surface area contributed by atoms with E-state index in [0.717, 1.165) is 22.5 Å². The lowest BCUT2D eigenvalue weighted by atomic mass is 10.1. The summed E-state index contributed by atoms with van der Waals surface area (Å²) in [6, 6.07) is 18.8. The zero-order chi connectivity index (χ0) is 37.0. The van der Waals surface area contributed by atoms with Gasteiger partial charge in [-0.3, -0.25) is 14.5 Å². The van der Waals surface area contributed by atoms with Crippen LogP contribution < -0.4 is 14.8 Å². The molecule has 2 aromatic heterocycles. The van der Waals surface area contributed by atoms with Crippen molar-refractivity contribution in [2.75, 3.05) is 44.8 Å². The Bertz CT molecular complexity index is 2050. The molecule has 6 rings (SSSR count). The molecule has 5 aromatic rings. The van der Waals surface area contributed by atoms with Crippen LogP contribution >= 0.6 is 12.4 Å². The number of amides is 2. The molecule has 53 heavy (non-hydrogen) atoms. The quantitative estimate of drug-likeness (QED) is 0.138. The summed E-state index contributed by atoms with van der Waals surface area (Å²) in [5.41, 5.74) is 0.692. The molecule has 1 aliphatic heterocycles.